The average Bonchev–Trinajstić information content (AvgIpc) is 3.26. The Morgan fingerprint density at radius 3 is 1.16 bits per heavy atom. The van der Waals surface area contributed by atoms with Crippen molar-refractivity contribution >= 4 is 11.9 Å². The van der Waals surface area contributed by atoms with Crippen LogP contribution in [0.15, 0.2) is 36.5 Å². The van der Waals surface area contributed by atoms with E-state index in [0.29, 0.717) is 19.4 Å². The minimum absolute atomic E-state index is 0.0417. The SMILES string of the molecule is CCCCCCCCC/C=C\CCCCCCCCCC(=O)OCCCC/C=C\CCCCCCC(=O)NC(CO)C(O)/C=C/CCCCCCCCCCCCCCCC. The normalized spacial score (nSPS) is 12.9. The first-order valence-corrected chi connectivity index (χ1v) is 26.8. The van der Waals surface area contributed by atoms with E-state index < -0.39 is 12.1 Å². The van der Waals surface area contributed by atoms with Crippen LogP contribution < -0.4 is 5.32 Å². The van der Waals surface area contributed by atoms with Crippen molar-refractivity contribution in [1.82, 2.24) is 5.32 Å². The molecule has 0 aromatic heterocycles. The number of unbranched alkanes of at least 4 members (excludes halogenated alkanes) is 34. The lowest BCUT2D eigenvalue weighted by Crippen LogP contribution is -2.45. The summed E-state index contributed by atoms with van der Waals surface area (Å²) in [6.07, 6.45) is 61.5. The van der Waals surface area contributed by atoms with Crippen LogP contribution in [0.4, 0.5) is 0 Å². The highest BCUT2D eigenvalue weighted by Crippen LogP contribution is 2.15. The van der Waals surface area contributed by atoms with E-state index in [4.69, 9.17) is 4.74 Å². The van der Waals surface area contributed by atoms with Gasteiger partial charge in [0.15, 0.2) is 0 Å². The van der Waals surface area contributed by atoms with Crippen LogP contribution in [0.3, 0.4) is 0 Å². The second-order valence-corrected chi connectivity index (χ2v) is 18.2. The maximum absolute atomic E-state index is 12.4. The van der Waals surface area contributed by atoms with Gasteiger partial charge in [-0.3, -0.25) is 9.59 Å². The number of esters is 1. The van der Waals surface area contributed by atoms with Crippen LogP contribution in [-0.2, 0) is 14.3 Å². The van der Waals surface area contributed by atoms with E-state index in [1.165, 1.54) is 173 Å². The highest BCUT2D eigenvalue weighted by molar-refractivity contribution is 5.76. The van der Waals surface area contributed by atoms with Crippen LogP contribution >= 0.6 is 0 Å². The molecular weight excluding hydrogens is 755 g/mol. The molecule has 6 nitrogen and oxygen atoms in total. The van der Waals surface area contributed by atoms with Crippen LogP contribution in [0.25, 0.3) is 0 Å². The van der Waals surface area contributed by atoms with Gasteiger partial charge in [-0.15, -0.1) is 0 Å². The number of allylic oxidation sites excluding steroid dienone is 5. The molecule has 0 spiro atoms. The Hall–Kier alpha value is -1.92. The number of nitrogens with one attached hydrogen (secondary N) is 1. The fraction of sp³-hybridized carbons (Fsp3) is 0.855. The maximum atomic E-state index is 12.4. The van der Waals surface area contributed by atoms with Gasteiger partial charge in [-0.25, -0.2) is 0 Å². The molecule has 1 amide bonds. The van der Waals surface area contributed by atoms with Gasteiger partial charge in [-0.1, -0.05) is 217 Å². The highest BCUT2D eigenvalue weighted by Gasteiger charge is 2.18. The smallest absolute Gasteiger partial charge is 0.305 e. The topological polar surface area (TPSA) is 95.9 Å². The van der Waals surface area contributed by atoms with Crippen molar-refractivity contribution in [3.8, 4) is 0 Å². The number of carbonyl (C=O) groups is 2. The van der Waals surface area contributed by atoms with E-state index in [-0.39, 0.29) is 18.5 Å². The van der Waals surface area contributed by atoms with Crippen molar-refractivity contribution in [2.45, 2.75) is 289 Å². The quantitative estimate of drug-likeness (QED) is 0.0322. The molecule has 0 saturated heterocycles. The molecule has 0 bridgehead atoms. The maximum Gasteiger partial charge on any atom is 0.305 e. The lowest BCUT2D eigenvalue weighted by Gasteiger charge is -2.20. The number of carbonyl (C=O) groups excluding carboxylic acids is 2. The molecule has 0 aromatic carbocycles. The van der Waals surface area contributed by atoms with Gasteiger partial charge in [0.1, 0.15) is 0 Å². The van der Waals surface area contributed by atoms with Gasteiger partial charge >= 0.3 is 5.97 Å². The number of ether oxygens (including phenoxy) is 1. The minimum Gasteiger partial charge on any atom is -0.466 e. The fourth-order valence-corrected chi connectivity index (χ4v) is 7.97. The second-order valence-electron chi connectivity index (χ2n) is 18.2. The Morgan fingerprint density at radius 1 is 0.443 bits per heavy atom. The lowest BCUT2D eigenvalue weighted by molar-refractivity contribution is -0.143. The Balaban J connectivity index is 3.55. The highest BCUT2D eigenvalue weighted by atomic mass is 16.5. The monoisotopic (exact) mass is 858 g/mol. The number of aliphatic hydroxyl groups is 2. The van der Waals surface area contributed by atoms with Gasteiger partial charge in [-0.2, -0.15) is 0 Å². The summed E-state index contributed by atoms with van der Waals surface area (Å²) >= 11 is 0. The van der Waals surface area contributed by atoms with E-state index in [0.717, 1.165) is 77.0 Å². The third kappa shape index (κ3) is 47.4. The molecule has 0 radical (unpaired) electrons. The van der Waals surface area contributed by atoms with Crippen molar-refractivity contribution in [1.29, 1.82) is 0 Å². The Kier molecular flexibility index (Phi) is 49.1. The van der Waals surface area contributed by atoms with Crippen molar-refractivity contribution in [3.63, 3.8) is 0 Å². The lowest BCUT2D eigenvalue weighted by atomic mass is 10.0. The molecule has 0 aliphatic rings. The van der Waals surface area contributed by atoms with Crippen LogP contribution in [0.1, 0.15) is 277 Å². The molecule has 0 fully saturated rings. The molecule has 0 aliphatic carbocycles. The van der Waals surface area contributed by atoms with Gasteiger partial charge in [0.25, 0.3) is 0 Å². The van der Waals surface area contributed by atoms with E-state index in [1.807, 2.05) is 6.08 Å². The molecule has 6 heteroatoms. The standard InChI is InChI=1S/C55H103NO5/c1-3-5-7-9-11-13-15-17-19-21-22-24-26-28-33-37-41-45-49-55(60)61-50-46-42-38-34-30-29-32-36-40-44-48-54(59)56-52(51-57)53(58)47-43-39-35-31-27-25-23-20-18-16-14-12-10-8-6-4-2/h19,21,30,34,43,47,52-53,57-58H,3-18,20,22-29,31-33,35-42,44-46,48-51H2,1-2H3,(H,56,59)/b21-19-,34-30-,47-43+. The van der Waals surface area contributed by atoms with Crippen LogP contribution in [0.5, 0.6) is 0 Å². The zero-order chi connectivity index (χ0) is 44.4. The summed E-state index contributed by atoms with van der Waals surface area (Å²) in [7, 11) is 0. The molecule has 0 saturated carbocycles. The first kappa shape index (κ1) is 59.1. The van der Waals surface area contributed by atoms with Crippen LogP contribution in [0.2, 0.25) is 0 Å². The van der Waals surface area contributed by atoms with Gasteiger partial charge < -0.3 is 20.3 Å². The van der Waals surface area contributed by atoms with Gasteiger partial charge in [-0.05, 0) is 83.5 Å². The molecule has 0 heterocycles. The Bertz CT molecular complexity index is 993. The molecule has 3 N–H and O–H groups in total. The van der Waals surface area contributed by atoms with Crippen molar-refractivity contribution in [2.75, 3.05) is 13.2 Å². The number of rotatable bonds is 49. The predicted molar refractivity (Wildman–Crippen MR) is 264 cm³/mol. The summed E-state index contributed by atoms with van der Waals surface area (Å²) in [4.78, 5) is 24.5. The summed E-state index contributed by atoms with van der Waals surface area (Å²) in [5, 5.41) is 23.0. The average molecular weight is 858 g/mol. The summed E-state index contributed by atoms with van der Waals surface area (Å²) in [6.45, 7) is 4.81. The van der Waals surface area contributed by atoms with Crippen molar-refractivity contribution in [3.05, 3.63) is 36.5 Å². The predicted octanol–water partition coefficient (Wildman–Crippen LogP) is 16.1. The Morgan fingerprint density at radius 2 is 0.770 bits per heavy atom. The van der Waals surface area contributed by atoms with Crippen molar-refractivity contribution in [2.24, 2.45) is 0 Å². The van der Waals surface area contributed by atoms with Crippen LogP contribution in [0, 0.1) is 0 Å². The van der Waals surface area contributed by atoms with Gasteiger partial charge in [0.2, 0.25) is 5.91 Å². The van der Waals surface area contributed by atoms with Gasteiger partial charge in [0.05, 0.1) is 25.4 Å². The van der Waals surface area contributed by atoms with E-state index in [9.17, 15) is 19.8 Å². The van der Waals surface area contributed by atoms with Gasteiger partial charge in [0, 0.05) is 12.8 Å². The summed E-state index contributed by atoms with van der Waals surface area (Å²) < 4.78 is 5.44. The summed E-state index contributed by atoms with van der Waals surface area (Å²) in [6, 6.07) is -0.654. The fourth-order valence-electron chi connectivity index (χ4n) is 7.97. The third-order valence-corrected chi connectivity index (χ3v) is 12.1. The Labute approximate surface area is 379 Å². The van der Waals surface area contributed by atoms with E-state index >= 15 is 0 Å². The number of hydrogen-bond donors (Lipinski definition) is 3. The molecule has 0 aliphatic heterocycles. The zero-order valence-electron chi connectivity index (χ0n) is 40.6. The third-order valence-electron chi connectivity index (χ3n) is 12.1. The number of aliphatic hydroxyl groups excluding tert-OH is 2. The molecule has 2 unspecified atom stereocenters. The molecule has 0 aromatic rings. The minimum atomic E-state index is -0.866. The number of amides is 1. The molecule has 61 heavy (non-hydrogen) atoms. The molecule has 2 atom stereocenters. The first-order valence-electron chi connectivity index (χ1n) is 26.8. The first-order chi connectivity index (χ1) is 30.0. The molecular formula is C55H103NO5. The van der Waals surface area contributed by atoms with E-state index in [2.05, 4.69) is 43.5 Å². The molecule has 0 rings (SSSR count). The van der Waals surface area contributed by atoms with E-state index in [1.54, 1.807) is 6.08 Å². The second kappa shape index (κ2) is 50.7. The molecule has 358 valence electrons. The zero-order valence-corrected chi connectivity index (χ0v) is 40.6. The largest absolute Gasteiger partial charge is 0.466 e. The van der Waals surface area contributed by atoms with Crippen LogP contribution in [-0.4, -0.2) is 47.4 Å². The summed E-state index contributed by atoms with van der Waals surface area (Å²) in [5.74, 6) is -0.145. The van der Waals surface area contributed by atoms with Crippen molar-refractivity contribution < 1.29 is 24.5 Å². The number of hydrogen-bond acceptors (Lipinski definition) is 5. The summed E-state index contributed by atoms with van der Waals surface area (Å²) in [5.41, 5.74) is 0.